The van der Waals surface area contributed by atoms with Crippen LogP contribution in [0.3, 0.4) is 0 Å². The molecule has 1 aromatic heterocycles. The third kappa shape index (κ3) is 3.06. The van der Waals surface area contributed by atoms with Crippen LogP contribution in [0.2, 0.25) is 0 Å². The fraction of sp³-hybridized carbons (Fsp3) is 0.0625. The van der Waals surface area contributed by atoms with Crippen LogP contribution in [0.15, 0.2) is 54.9 Å². The van der Waals surface area contributed by atoms with E-state index in [1.807, 2.05) is 42.5 Å². The van der Waals surface area contributed by atoms with E-state index < -0.39 is 10.9 Å². The van der Waals surface area contributed by atoms with Crippen LogP contribution >= 0.6 is 0 Å². The van der Waals surface area contributed by atoms with Crippen LogP contribution in [0, 0.1) is 21.4 Å². The van der Waals surface area contributed by atoms with Crippen molar-refractivity contribution >= 4 is 5.95 Å². The maximum atomic E-state index is 10.6. The molecule has 0 aliphatic rings. The van der Waals surface area contributed by atoms with Gasteiger partial charge in [0.15, 0.2) is 0 Å². The van der Waals surface area contributed by atoms with Gasteiger partial charge >= 0.3 is 5.95 Å². The second-order valence-electron chi connectivity index (χ2n) is 4.85. The summed E-state index contributed by atoms with van der Waals surface area (Å²) in [5.41, 5.74) is 3.36. The van der Waals surface area contributed by atoms with E-state index in [1.165, 1.54) is 11.0 Å². The highest BCUT2D eigenvalue weighted by molar-refractivity contribution is 5.70. The second-order valence-corrected chi connectivity index (χ2v) is 4.85. The van der Waals surface area contributed by atoms with Crippen molar-refractivity contribution in [3.63, 3.8) is 0 Å². The summed E-state index contributed by atoms with van der Waals surface area (Å²) in [5, 5.41) is 23.5. The third-order valence-electron chi connectivity index (χ3n) is 3.34. The minimum atomic E-state index is -0.627. The molecule has 0 aliphatic heterocycles. The lowest BCUT2D eigenvalue weighted by Gasteiger charge is -2.05. The number of rotatable bonds is 4. The summed E-state index contributed by atoms with van der Waals surface area (Å²) in [6, 6.07) is 17.2. The lowest BCUT2D eigenvalue weighted by Crippen LogP contribution is -2.01. The van der Waals surface area contributed by atoms with Gasteiger partial charge in [0.2, 0.25) is 6.33 Å². The van der Waals surface area contributed by atoms with Crippen molar-refractivity contribution in [2.24, 2.45) is 0 Å². The number of nitriles is 1. The molecule has 112 valence electrons. The van der Waals surface area contributed by atoms with E-state index in [0.29, 0.717) is 12.1 Å². The Hall–Kier alpha value is -3.53. The predicted molar refractivity (Wildman–Crippen MR) is 82.4 cm³/mol. The number of hydrogen-bond acceptors (Lipinski definition) is 5. The molecule has 0 bridgehead atoms. The molecule has 7 heteroatoms. The average molecular weight is 305 g/mol. The van der Waals surface area contributed by atoms with Gasteiger partial charge in [-0.25, -0.2) is 0 Å². The Morgan fingerprint density at radius 3 is 2.57 bits per heavy atom. The summed E-state index contributed by atoms with van der Waals surface area (Å²) in [5.74, 6) is -0.412. The molecule has 0 saturated heterocycles. The minimum Gasteiger partial charge on any atom is -0.390 e. The zero-order chi connectivity index (χ0) is 16.2. The molecule has 0 radical (unpaired) electrons. The van der Waals surface area contributed by atoms with Crippen molar-refractivity contribution in [1.29, 1.82) is 5.26 Å². The van der Waals surface area contributed by atoms with Crippen molar-refractivity contribution in [3.05, 3.63) is 76.1 Å². The fourth-order valence-electron chi connectivity index (χ4n) is 2.25. The fourth-order valence-corrected chi connectivity index (χ4v) is 2.25. The van der Waals surface area contributed by atoms with Crippen molar-refractivity contribution in [1.82, 2.24) is 14.8 Å². The molecular weight excluding hydrogens is 294 g/mol. The zero-order valence-electron chi connectivity index (χ0n) is 12.0. The summed E-state index contributed by atoms with van der Waals surface area (Å²) >= 11 is 0. The molecule has 0 saturated carbocycles. The molecule has 0 unspecified atom stereocenters. The lowest BCUT2D eigenvalue weighted by atomic mass is 9.99. The van der Waals surface area contributed by atoms with E-state index in [-0.39, 0.29) is 0 Å². The highest BCUT2D eigenvalue weighted by Gasteiger charge is 2.13. The van der Waals surface area contributed by atoms with Crippen molar-refractivity contribution < 1.29 is 4.92 Å². The van der Waals surface area contributed by atoms with Crippen LogP contribution in [0.5, 0.6) is 0 Å². The quantitative estimate of drug-likeness (QED) is 0.545. The minimum absolute atomic E-state index is 0.390. The van der Waals surface area contributed by atoms with E-state index in [9.17, 15) is 10.1 Å². The Bertz CT molecular complexity index is 893. The van der Waals surface area contributed by atoms with Crippen LogP contribution < -0.4 is 0 Å². The van der Waals surface area contributed by atoms with Gasteiger partial charge in [-0.15, -0.1) is 0 Å². The number of hydrogen-bond donors (Lipinski definition) is 0. The summed E-state index contributed by atoms with van der Waals surface area (Å²) in [4.78, 5) is 13.6. The Morgan fingerprint density at radius 1 is 1.17 bits per heavy atom. The van der Waals surface area contributed by atoms with Crippen LogP contribution in [-0.4, -0.2) is 19.7 Å². The first kappa shape index (κ1) is 14.4. The average Bonchev–Trinajstić information content (AvgIpc) is 3.04. The van der Waals surface area contributed by atoms with Crippen LogP contribution in [0.1, 0.15) is 11.1 Å². The summed E-state index contributed by atoms with van der Waals surface area (Å²) < 4.78 is 1.41. The molecule has 0 atom stereocenters. The van der Waals surface area contributed by atoms with Gasteiger partial charge in [0, 0.05) is 5.10 Å². The van der Waals surface area contributed by atoms with Gasteiger partial charge in [-0.2, -0.15) is 9.94 Å². The van der Waals surface area contributed by atoms with E-state index in [1.54, 1.807) is 6.07 Å². The van der Waals surface area contributed by atoms with Crippen molar-refractivity contribution in [2.75, 3.05) is 0 Å². The Morgan fingerprint density at radius 2 is 1.91 bits per heavy atom. The van der Waals surface area contributed by atoms with Gasteiger partial charge in [0.1, 0.15) is 0 Å². The lowest BCUT2D eigenvalue weighted by molar-refractivity contribution is -0.394. The normalized spacial score (nSPS) is 10.2. The first-order valence-corrected chi connectivity index (χ1v) is 6.79. The number of aromatic nitrogens is 3. The SMILES string of the molecule is N#Cc1ccccc1-c1ccc(Cn2cnc([N+](=O)[O-])n2)cc1. The molecule has 3 aromatic rings. The molecule has 7 nitrogen and oxygen atoms in total. The molecule has 0 N–H and O–H groups in total. The first-order valence-electron chi connectivity index (χ1n) is 6.79. The topological polar surface area (TPSA) is 97.6 Å². The monoisotopic (exact) mass is 305 g/mol. The van der Waals surface area contributed by atoms with Gasteiger partial charge in [0.05, 0.1) is 18.2 Å². The van der Waals surface area contributed by atoms with Gasteiger partial charge in [-0.3, -0.25) is 0 Å². The Kier molecular flexibility index (Phi) is 3.80. The van der Waals surface area contributed by atoms with E-state index >= 15 is 0 Å². The number of nitrogens with zero attached hydrogens (tertiary/aromatic N) is 5. The van der Waals surface area contributed by atoms with E-state index in [2.05, 4.69) is 16.2 Å². The largest absolute Gasteiger partial charge is 0.490 e. The maximum Gasteiger partial charge on any atom is 0.490 e. The highest BCUT2D eigenvalue weighted by Crippen LogP contribution is 2.23. The molecule has 23 heavy (non-hydrogen) atoms. The molecule has 3 rings (SSSR count). The standard InChI is InChI=1S/C16H11N5O2/c17-9-14-3-1-2-4-15(14)13-7-5-12(6-8-13)10-20-11-18-16(19-20)21(22)23/h1-8,11H,10H2. The molecule has 0 amide bonds. The van der Waals surface area contributed by atoms with Crippen LogP contribution in [0.4, 0.5) is 5.95 Å². The summed E-state index contributed by atoms with van der Waals surface area (Å²) in [6.07, 6.45) is 1.33. The Balaban J connectivity index is 1.82. The molecule has 0 aliphatic carbocycles. The molecule has 0 spiro atoms. The Labute approximate surface area is 131 Å². The molecule has 2 aromatic carbocycles. The second kappa shape index (κ2) is 6.07. The number of benzene rings is 2. The summed E-state index contributed by atoms with van der Waals surface area (Å²) in [7, 11) is 0. The zero-order valence-corrected chi connectivity index (χ0v) is 12.0. The van der Waals surface area contributed by atoms with Crippen molar-refractivity contribution in [3.8, 4) is 17.2 Å². The first-order chi connectivity index (χ1) is 11.2. The smallest absolute Gasteiger partial charge is 0.390 e. The van der Waals surface area contributed by atoms with Crippen LogP contribution in [0.25, 0.3) is 11.1 Å². The van der Waals surface area contributed by atoms with Gasteiger partial charge < -0.3 is 10.1 Å². The predicted octanol–water partition coefficient (Wildman–Crippen LogP) is 2.77. The van der Waals surface area contributed by atoms with Crippen molar-refractivity contribution in [2.45, 2.75) is 6.54 Å². The van der Waals surface area contributed by atoms with Crippen LogP contribution in [-0.2, 0) is 6.54 Å². The molecule has 0 fully saturated rings. The third-order valence-corrected chi connectivity index (χ3v) is 3.34. The maximum absolute atomic E-state index is 10.6. The number of nitro groups is 1. The van der Waals surface area contributed by atoms with Gasteiger partial charge in [-0.05, 0) is 27.7 Å². The molecular formula is C16H11N5O2. The summed E-state index contributed by atoms with van der Waals surface area (Å²) in [6.45, 7) is 0.390. The molecule has 1 heterocycles. The van der Waals surface area contributed by atoms with Gasteiger partial charge in [0.25, 0.3) is 0 Å². The van der Waals surface area contributed by atoms with E-state index in [4.69, 9.17) is 5.26 Å². The van der Waals surface area contributed by atoms with E-state index in [0.717, 1.165) is 16.7 Å². The van der Waals surface area contributed by atoms with Gasteiger partial charge in [-0.1, -0.05) is 47.4 Å². The highest BCUT2D eigenvalue weighted by atomic mass is 16.6.